The smallest absolute Gasteiger partial charge is 0.255 e. The Hall–Kier alpha value is -2.36. The molecule has 0 radical (unpaired) electrons. The van der Waals surface area contributed by atoms with Crippen molar-refractivity contribution in [2.24, 2.45) is 0 Å². The van der Waals surface area contributed by atoms with Crippen LogP contribution in [0.5, 0.6) is 0 Å². The molecule has 17 heavy (non-hydrogen) atoms. The lowest BCUT2D eigenvalue weighted by Gasteiger charge is -2.05. The normalized spacial score (nSPS) is 9.94. The summed E-state index contributed by atoms with van der Waals surface area (Å²) >= 11 is 0. The maximum Gasteiger partial charge on any atom is 0.255 e. The van der Waals surface area contributed by atoms with Gasteiger partial charge in [-0.3, -0.25) is 4.79 Å². The van der Waals surface area contributed by atoms with Crippen molar-refractivity contribution in [3.05, 3.63) is 59.9 Å². The molecular formula is C13H11FN2O. The van der Waals surface area contributed by atoms with E-state index in [1.54, 1.807) is 30.3 Å². The fraction of sp³-hybridized carbons (Fsp3) is 0. The molecule has 0 aliphatic rings. The van der Waals surface area contributed by atoms with Crippen molar-refractivity contribution in [3.63, 3.8) is 0 Å². The molecule has 0 aromatic heterocycles. The number of carbonyl (C=O) groups excluding carboxylic acids is 1. The number of benzene rings is 2. The quantitative estimate of drug-likeness (QED) is 0.779. The minimum absolute atomic E-state index is 0.279. The largest absolute Gasteiger partial charge is 0.399 e. The van der Waals surface area contributed by atoms with E-state index in [1.165, 1.54) is 18.2 Å². The van der Waals surface area contributed by atoms with Gasteiger partial charge in [-0.1, -0.05) is 6.07 Å². The van der Waals surface area contributed by atoms with E-state index < -0.39 is 5.82 Å². The van der Waals surface area contributed by atoms with E-state index in [0.717, 1.165) is 0 Å². The van der Waals surface area contributed by atoms with Crippen LogP contribution in [0, 0.1) is 5.82 Å². The van der Waals surface area contributed by atoms with Crippen molar-refractivity contribution in [1.29, 1.82) is 0 Å². The number of amides is 1. The molecule has 3 N–H and O–H groups in total. The van der Waals surface area contributed by atoms with Crippen LogP contribution in [0.4, 0.5) is 15.8 Å². The van der Waals surface area contributed by atoms with E-state index in [9.17, 15) is 9.18 Å². The van der Waals surface area contributed by atoms with Crippen LogP contribution < -0.4 is 11.1 Å². The van der Waals surface area contributed by atoms with Crippen LogP contribution in [0.15, 0.2) is 48.5 Å². The van der Waals surface area contributed by atoms with E-state index in [0.29, 0.717) is 11.4 Å². The third kappa shape index (κ3) is 2.81. The number of hydrogen-bond acceptors (Lipinski definition) is 2. The molecule has 0 spiro atoms. The first-order valence-electron chi connectivity index (χ1n) is 5.07. The lowest BCUT2D eigenvalue weighted by atomic mass is 10.2. The number of nitrogen functional groups attached to an aromatic ring is 1. The number of carbonyl (C=O) groups is 1. The summed E-state index contributed by atoms with van der Waals surface area (Å²) in [6, 6.07) is 12.3. The molecule has 2 aromatic rings. The van der Waals surface area contributed by atoms with Gasteiger partial charge < -0.3 is 11.1 Å². The molecule has 0 aliphatic heterocycles. The molecule has 3 nitrogen and oxygen atoms in total. The molecule has 0 aliphatic carbocycles. The monoisotopic (exact) mass is 230 g/mol. The summed E-state index contributed by atoms with van der Waals surface area (Å²) in [5, 5.41) is 2.65. The Morgan fingerprint density at radius 3 is 2.47 bits per heavy atom. The Balaban J connectivity index is 2.14. The Bertz CT molecular complexity index is 537. The Morgan fingerprint density at radius 1 is 1.12 bits per heavy atom. The zero-order chi connectivity index (χ0) is 12.3. The minimum Gasteiger partial charge on any atom is -0.399 e. The minimum atomic E-state index is -0.435. The van der Waals surface area contributed by atoms with Crippen LogP contribution in [-0.2, 0) is 0 Å². The first-order chi connectivity index (χ1) is 8.15. The number of rotatable bonds is 2. The highest BCUT2D eigenvalue weighted by Gasteiger charge is 2.06. The SMILES string of the molecule is Nc1ccc(NC(=O)c2cccc(F)c2)cc1. The van der Waals surface area contributed by atoms with Crippen LogP contribution in [0.1, 0.15) is 10.4 Å². The number of nitrogens with two attached hydrogens (primary N) is 1. The van der Waals surface area contributed by atoms with E-state index in [1.807, 2.05) is 0 Å². The van der Waals surface area contributed by atoms with Gasteiger partial charge in [0.1, 0.15) is 5.82 Å². The number of halogens is 1. The van der Waals surface area contributed by atoms with Crippen molar-refractivity contribution in [2.75, 3.05) is 11.1 Å². The van der Waals surface area contributed by atoms with Gasteiger partial charge >= 0.3 is 0 Å². The predicted molar refractivity (Wildman–Crippen MR) is 65.2 cm³/mol. The summed E-state index contributed by atoms with van der Waals surface area (Å²) in [5.74, 6) is -0.788. The van der Waals surface area contributed by atoms with Gasteiger partial charge in [-0.05, 0) is 42.5 Å². The molecule has 2 aromatic carbocycles. The highest BCUT2D eigenvalue weighted by atomic mass is 19.1. The van der Waals surface area contributed by atoms with Gasteiger partial charge in [-0.2, -0.15) is 0 Å². The Kier molecular flexibility index (Phi) is 3.05. The molecule has 0 heterocycles. The highest BCUT2D eigenvalue weighted by molar-refractivity contribution is 6.04. The lowest BCUT2D eigenvalue weighted by Crippen LogP contribution is -2.11. The second kappa shape index (κ2) is 4.65. The average Bonchev–Trinajstić information content (AvgIpc) is 2.32. The van der Waals surface area contributed by atoms with Crippen molar-refractivity contribution in [3.8, 4) is 0 Å². The summed E-state index contributed by atoms with van der Waals surface area (Å²) in [5.41, 5.74) is 7.04. The van der Waals surface area contributed by atoms with Crippen LogP contribution in [0.2, 0.25) is 0 Å². The first kappa shape index (κ1) is 11.1. The van der Waals surface area contributed by atoms with Gasteiger partial charge in [0.2, 0.25) is 0 Å². The molecule has 2 rings (SSSR count). The Labute approximate surface area is 98.1 Å². The van der Waals surface area contributed by atoms with Gasteiger partial charge in [-0.15, -0.1) is 0 Å². The van der Waals surface area contributed by atoms with Crippen molar-refractivity contribution >= 4 is 17.3 Å². The molecule has 0 bridgehead atoms. The third-order valence-corrected chi connectivity index (χ3v) is 2.26. The van der Waals surface area contributed by atoms with E-state index >= 15 is 0 Å². The fourth-order valence-electron chi connectivity index (χ4n) is 1.40. The molecule has 86 valence electrons. The second-order valence-electron chi connectivity index (χ2n) is 3.59. The summed E-state index contributed by atoms with van der Waals surface area (Å²) in [4.78, 5) is 11.7. The fourth-order valence-corrected chi connectivity index (χ4v) is 1.40. The van der Waals surface area contributed by atoms with E-state index in [4.69, 9.17) is 5.73 Å². The summed E-state index contributed by atoms with van der Waals surface area (Å²) in [6.45, 7) is 0. The number of nitrogens with one attached hydrogen (secondary N) is 1. The zero-order valence-electron chi connectivity index (χ0n) is 8.98. The maximum absolute atomic E-state index is 12.9. The van der Waals surface area contributed by atoms with Crippen LogP contribution in [0.25, 0.3) is 0 Å². The van der Waals surface area contributed by atoms with Crippen LogP contribution >= 0.6 is 0 Å². The average molecular weight is 230 g/mol. The Morgan fingerprint density at radius 2 is 1.82 bits per heavy atom. The molecule has 1 amide bonds. The molecule has 4 heteroatoms. The van der Waals surface area contributed by atoms with Gasteiger partial charge in [-0.25, -0.2) is 4.39 Å². The van der Waals surface area contributed by atoms with Crippen LogP contribution in [-0.4, -0.2) is 5.91 Å². The summed E-state index contributed by atoms with van der Waals surface area (Å²) < 4.78 is 12.9. The third-order valence-electron chi connectivity index (χ3n) is 2.26. The first-order valence-corrected chi connectivity index (χ1v) is 5.07. The molecular weight excluding hydrogens is 219 g/mol. The number of anilines is 2. The second-order valence-corrected chi connectivity index (χ2v) is 3.59. The molecule has 0 saturated heterocycles. The van der Waals surface area contributed by atoms with Gasteiger partial charge in [0.05, 0.1) is 0 Å². The highest BCUT2D eigenvalue weighted by Crippen LogP contribution is 2.12. The van der Waals surface area contributed by atoms with Crippen LogP contribution in [0.3, 0.4) is 0 Å². The molecule has 0 saturated carbocycles. The summed E-state index contributed by atoms with van der Waals surface area (Å²) in [7, 11) is 0. The van der Waals surface area contributed by atoms with Gasteiger partial charge in [0, 0.05) is 16.9 Å². The lowest BCUT2D eigenvalue weighted by molar-refractivity contribution is 0.102. The zero-order valence-corrected chi connectivity index (χ0v) is 8.98. The molecule has 0 unspecified atom stereocenters. The standard InChI is InChI=1S/C13H11FN2O/c14-10-3-1-2-9(8-10)13(17)16-12-6-4-11(15)5-7-12/h1-8H,15H2,(H,16,17). The van der Waals surface area contributed by atoms with Gasteiger partial charge in [0.15, 0.2) is 0 Å². The summed E-state index contributed by atoms with van der Waals surface area (Å²) in [6.07, 6.45) is 0. The van der Waals surface area contributed by atoms with Crippen molar-refractivity contribution < 1.29 is 9.18 Å². The molecule has 0 atom stereocenters. The van der Waals surface area contributed by atoms with Crippen molar-refractivity contribution in [1.82, 2.24) is 0 Å². The van der Waals surface area contributed by atoms with Crippen molar-refractivity contribution in [2.45, 2.75) is 0 Å². The predicted octanol–water partition coefficient (Wildman–Crippen LogP) is 2.66. The number of hydrogen-bond donors (Lipinski definition) is 2. The molecule has 0 fully saturated rings. The van der Waals surface area contributed by atoms with Gasteiger partial charge in [0.25, 0.3) is 5.91 Å². The topological polar surface area (TPSA) is 55.1 Å². The van der Waals surface area contributed by atoms with E-state index in [2.05, 4.69) is 5.32 Å². The van der Waals surface area contributed by atoms with E-state index in [-0.39, 0.29) is 11.5 Å². The maximum atomic E-state index is 12.9.